The number of Topliss-reactive ketones (excluding diaryl/α,β-unsaturated/α-hetero) is 1. The van der Waals surface area contributed by atoms with Crippen LogP contribution in [0, 0.1) is 23.2 Å². The monoisotopic (exact) mass is 543 g/mol. The van der Waals surface area contributed by atoms with E-state index in [4.69, 9.17) is 14.2 Å². The first kappa shape index (κ1) is 30.5. The molecule has 1 aromatic carbocycles. The topological polar surface area (TPSA) is 132 Å². The summed E-state index contributed by atoms with van der Waals surface area (Å²) in [4.78, 5) is 47.9. The molecule has 1 amide bonds. The van der Waals surface area contributed by atoms with Crippen LogP contribution < -0.4 is 5.32 Å². The van der Waals surface area contributed by atoms with Crippen LogP contribution in [0.1, 0.15) is 53.0 Å². The molecule has 0 spiro atoms. The first-order valence-corrected chi connectivity index (χ1v) is 13.4. The third-order valence-corrected chi connectivity index (χ3v) is 8.71. The molecule has 1 heterocycles. The number of hydrogen-bond donors (Lipinski definition) is 2. The minimum Gasteiger partial charge on any atom is -0.438 e. The molecule has 1 aliphatic carbocycles. The average Bonchev–Trinajstić information content (AvgIpc) is 3.61. The number of benzene rings is 1. The van der Waals surface area contributed by atoms with E-state index in [1.165, 1.54) is 14.0 Å². The standard InChI is InChI=1S/C30H41NO8/c1-19(24(34)29(4,36)15-16-32)11-10-14-28(3)25(38-27(35)37-6)23(20(2)30(5)26(28)39-30)22(31-18-33)17-21-12-8-7-9-13-21/h7-10,12-14,16,18-20,22-23,25-26,36H,11,15,17H2,1-6H3,(H,31,33)/t19?,20?,22-,23?,25?,26?,28+,29?,30?/m0/s1. The van der Waals surface area contributed by atoms with E-state index < -0.39 is 40.6 Å². The molecule has 1 saturated carbocycles. The lowest BCUT2D eigenvalue weighted by molar-refractivity contribution is -0.141. The Bertz CT molecular complexity index is 1070. The molecule has 2 N–H and O–H groups in total. The summed E-state index contributed by atoms with van der Waals surface area (Å²) in [6, 6.07) is 9.39. The van der Waals surface area contributed by atoms with Gasteiger partial charge < -0.3 is 29.4 Å². The highest BCUT2D eigenvalue weighted by Gasteiger charge is 2.73. The number of nitrogens with one attached hydrogen (secondary N) is 1. The van der Waals surface area contributed by atoms with Crippen molar-refractivity contribution in [3.63, 3.8) is 0 Å². The molecule has 9 atom stereocenters. The Balaban J connectivity index is 1.96. The molecule has 2 fully saturated rings. The fraction of sp³-hybridized carbons (Fsp3) is 0.600. The van der Waals surface area contributed by atoms with Gasteiger partial charge in [0.2, 0.25) is 6.41 Å². The molecule has 0 aromatic heterocycles. The number of ketones is 1. The Kier molecular flexibility index (Phi) is 9.39. The van der Waals surface area contributed by atoms with E-state index in [0.29, 0.717) is 25.5 Å². The molecule has 1 saturated heterocycles. The van der Waals surface area contributed by atoms with Crippen molar-refractivity contribution >= 4 is 24.6 Å². The molecule has 2 aliphatic rings. The van der Waals surface area contributed by atoms with Crippen LogP contribution in [0.3, 0.4) is 0 Å². The first-order valence-electron chi connectivity index (χ1n) is 13.4. The summed E-state index contributed by atoms with van der Waals surface area (Å²) in [6.45, 7) is 9.06. The predicted molar refractivity (Wildman–Crippen MR) is 144 cm³/mol. The second-order valence-electron chi connectivity index (χ2n) is 11.5. The third kappa shape index (κ3) is 6.25. The van der Waals surface area contributed by atoms with Gasteiger partial charge in [-0.3, -0.25) is 9.59 Å². The Morgan fingerprint density at radius 1 is 1.23 bits per heavy atom. The fourth-order valence-electron chi connectivity index (χ4n) is 6.31. The zero-order valence-corrected chi connectivity index (χ0v) is 23.6. The van der Waals surface area contributed by atoms with Crippen molar-refractivity contribution in [3.8, 4) is 0 Å². The van der Waals surface area contributed by atoms with Crippen molar-refractivity contribution in [1.82, 2.24) is 5.32 Å². The number of rotatable bonds is 13. The van der Waals surface area contributed by atoms with Gasteiger partial charge in [-0.05, 0) is 45.1 Å². The Hall–Kier alpha value is -3.04. The Labute approximate surface area is 230 Å². The van der Waals surface area contributed by atoms with Crippen molar-refractivity contribution < 1.29 is 38.5 Å². The number of carbonyl (C=O) groups excluding carboxylic acids is 4. The number of methoxy groups -OCH3 is 1. The minimum absolute atomic E-state index is 0.0845. The molecule has 39 heavy (non-hydrogen) atoms. The molecule has 214 valence electrons. The highest BCUT2D eigenvalue weighted by molar-refractivity contribution is 5.90. The Morgan fingerprint density at radius 3 is 2.49 bits per heavy atom. The second kappa shape index (κ2) is 12.0. The molecular formula is C30H41NO8. The lowest BCUT2D eigenvalue weighted by Crippen LogP contribution is -2.60. The van der Waals surface area contributed by atoms with Crippen molar-refractivity contribution in [2.75, 3.05) is 7.11 Å². The highest BCUT2D eigenvalue weighted by Crippen LogP contribution is 2.63. The number of aldehydes is 1. The quantitative estimate of drug-likeness (QED) is 0.167. The Morgan fingerprint density at radius 2 is 1.90 bits per heavy atom. The number of fused-ring (bicyclic) bond motifs is 1. The van der Waals surface area contributed by atoms with Gasteiger partial charge in [0.15, 0.2) is 5.78 Å². The van der Waals surface area contributed by atoms with Crippen LogP contribution in [-0.2, 0) is 35.0 Å². The number of allylic oxidation sites excluding steroid dienone is 1. The summed E-state index contributed by atoms with van der Waals surface area (Å²) in [5.41, 5.74) is -2.04. The number of hydrogen-bond acceptors (Lipinski definition) is 8. The maximum atomic E-state index is 12.7. The van der Waals surface area contributed by atoms with Crippen LogP contribution in [0.5, 0.6) is 0 Å². The van der Waals surface area contributed by atoms with E-state index in [0.717, 1.165) is 5.56 Å². The third-order valence-electron chi connectivity index (χ3n) is 8.71. The van der Waals surface area contributed by atoms with Gasteiger partial charge in [0, 0.05) is 24.3 Å². The van der Waals surface area contributed by atoms with E-state index in [2.05, 4.69) is 5.32 Å². The summed E-state index contributed by atoms with van der Waals surface area (Å²) in [7, 11) is 1.25. The second-order valence-corrected chi connectivity index (χ2v) is 11.5. The highest BCUT2D eigenvalue weighted by atomic mass is 16.7. The van der Waals surface area contributed by atoms with Crippen molar-refractivity contribution in [1.29, 1.82) is 0 Å². The summed E-state index contributed by atoms with van der Waals surface area (Å²) < 4.78 is 17.1. The number of aliphatic hydroxyl groups is 1. The van der Waals surface area contributed by atoms with Gasteiger partial charge in [-0.2, -0.15) is 0 Å². The van der Waals surface area contributed by atoms with Crippen LogP contribution in [-0.4, -0.2) is 66.3 Å². The lowest BCUT2D eigenvalue weighted by atomic mass is 9.58. The van der Waals surface area contributed by atoms with E-state index in [-0.39, 0.29) is 30.4 Å². The molecule has 9 nitrogen and oxygen atoms in total. The molecule has 0 bridgehead atoms. The van der Waals surface area contributed by atoms with Crippen LogP contribution in [0.25, 0.3) is 0 Å². The number of carbonyl (C=O) groups is 4. The van der Waals surface area contributed by atoms with E-state index >= 15 is 0 Å². The van der Waals surface area contributed by atoms with Crippen molar-refractivity contribution in [2.24, 2.45) is 23.2 Å². The SMILES string of the molecule is COC(=O)OC1C([C@H](Cc2ccccc2)NC=O)C(C)C2(C)OC2[C@]1(C)C=CCC(C)C(=O)C(C)(O)CC=O. The number of amides is 1. The van der Waals surface area contributed by atoms with Gasteiger partial charge in [0.05, 0.1) is 24.2 Å². The van der Waals surface area contributed by atoms with Gasteiger partial charge in [0.25, 0.3) is 0 Å². The molecule has 1 aromatic rings. The minimum atomic E-state index is -1.73. The van der Waals surface area contributed by atoms with E-state index in [1.54, 1.807) is 6.92 Å². The van der Waals surface area contributed by atoms with Gasteiger partial charge in [-0.1, -0.05) is 56.3 Å². The predicted octanol–water partition coefficient (Wildman–Crippen LogP) is 3.42. The maximum Gasteiger partial charge on any atom is 0.508 e. The normalized spacial score (nSPS) is 32.7. The zero-order valence-electron chi connectivity index (χ0n) is 23.6. The largest absolute Gasteiger partial charge is 0.508 e. The summed E-state index contributed by atoms with van der Waals surface area (Å²) in [6.07, 6.45) is 3.67. The molecule has 3 rings (SSSR count). The molecule has 7 unspecified atom stereocenters. The van der Waals surface area contributed by atoms with Crippen LogP contribution in [0.4, 0.5) is 4.79 Å². The zero-order chi connectivity index (χ0) is 29.0. The van der Waals surface area contributed by atoms with E-state index in [1.807, 2.05) is 63.3 Å². The van der Waals surface area contributed by atoms with E-state index in [9.17, 15) is 24.3 Å². The first-order chi connectivity index (χ1) is 18.4. The summed E-state index contributed by atoms with van der Waals surface area (Å²) in [5, 5.41) is 13.3. The summed E-state index contributed by atoms with van der Waals surface area (Å²) >= 11 is 0. The molecule has 9 heteroatoms. The lowest BCUT2D eigenvalue weighted by Gasteiger charge is -2.48. The summed E-state index contributed by atoms with van der Waals surface area (Å²) in [5.74, 6) is -1.39. The smallest absolute Gasteiger partial charge is 0.438 e. The number of epoxide rings is 1. The van der Waals surface area contributed by atoms with Crippen molar-refractivity contribution in [3.05, 3.63) is 48.0 Å². The van der Waals surface area contributed by atoms with Gasteiger partial charge >= 0.3 is 6.16 Å². The van der Waals surface area contributed by atoms with Gasteiger partial charge in [-0.25, -0.2) is 4.79 Å². The van der Waals surface area contributed by atoms with Gasteiger partial charge in [-0.15, -0.1) is 0 Å². The molecule has 1 aliphatic heterocycles. The van der Waals surface area contributed by atoms with Crippen LogP contribution >= 0.6 is 0 Å². The average molecular weight is 544 g/mol. The molecule has 0 radical (unpaired) electrons. The van der Waals surface area contributed by atoms with Crippen LogP contribution in [0.15, 0.2) is 42.5 Å². The molecular weight excluding hydrogens is 502 g/mol. The number of ether oxygens (including phenoxy) is 3. The van der Waals surface area contributed by atoms with Gasteiger partial charge in [0.1, 0.15) is 18.0 Å². The maximum absolute atomic E-state index is 12.7. The van der Waals surface area contributed by atoms with Crippen LogP contribution in [0.2, 0.25) is 0 Å². The fourth-order valence-corrected chi connectivity index (χ4v) is 6.31. The van der Waals surface area contributed by atoms with Crippen molar-refractivity contribution in [2.45, 2.75) is 83.3 Å².